The normalized spacial score (nSPS) is 27.5. The number of hydrogen-bond acceptors (Lipinski definition) is 3. The van der Waals surface area contributed by atoms with Crippen molar-refractivity contribution < 1.29 is 12.6 Å². The van der Waals surface area contributed by atoms with Gasteiger partial charge >= 0.3 is 0 Å². The monoisotopic (exact) mass is 204 g/mol. The van der Waals surface area contributed by atoms with E-state index in [4.69, 9.17) is 0 Å². The lowest BCUT2D eigenvalue weighted by molar-refractivity contribution is 0.367. The Hall–Kier alpha value is -0.350. The number of allylic oxidation sites excluding steroid dienone is 1. The average Bonchev–Trinajstić information content (AvgIpc) is 2.04. The first-order chi connectivity index (χ1) is 5.87. The summed E-state index contributed by atoms with van der Waals surface area (Å²) in [5.41, 5.74) is 0.125. The highest BCUT2D eigenvalue weighted by Crippen LogP contribution is 2.32. The lowest BCUT2D eigenvalue weighted by Gasteiger charge is -2.27. The molecule has 1 aliphatic carbocycles. The van der Waals surface area contributed by atoms with Gasteiger partial charge in [0.15, 0.2) is 0 Å². The van der Waals surface area contributed by atoms with E-state index in [0.717, 1.165) is 6.42 Å². The molecule has 0 fully saturated rings. The summed E-state index contributed by atoms with van der Waals surface area (Å²) in [6.45, 7) is 4.19. The van der Waals surface area contributed by atoms with Crippen LogP contribution in [-0.4, -0.2) is 20.8 Å². The Morgan fingerprint density at radius 3 is 2.46 bits per heavy atom. The highest BCUT2D eigenvalue weighted by atomic mass is 32.2. The smallest absolute Gasteiger partial charge is 0.273 e. The van der Waals surface area contributed by atoms with E-state index in [1.54, 1.807) is 6.08 Å². The van der Waals surface area contributed by atoms with Gasteiger partial charge in [0.2, 0.25) is 0 Å². The maximum absolute atomic E-state index is 11.3. The van der Waals surface area contributed by atoms with Crippen molar-refractivity contribution in [2.75, 3.05) is 7.11 Å². The molecule has 0 amide bonds. The highest BCUT2D eigenvalue weighted by molar-refractivity contribution is 7.87. The van der Waals surface area contributed by atoms with Crippen LogP contribution >= 0.6 is 0 Å². The lowest BCUT2D eigenvalue weighted by Crippen LogP contribution is -2.26. The van der Waals surface area contributed by atoms with E-state index in [-0.39, 0.29) is 5.41 Å². The summed E-state index contributed by atoms with van der Waals surface area (Å²) in [7, 11) is -2.15. The number of hydrogen-bond donors (Lipinski definition) is 0. The molecule has 0 saturated carbocycles. The van der Waals surface area contributed by atoms with Crippen LogP contribution in [0.15, 0.2) is 12.2 Å². The van der Waals surface area contributed by atoms with E-state index >= 15 is 0 Å². The molecular formula is C9H16O3S. The molecule has 0 aromatic rings. The van der Waals surface area contributed by atoms with Crippen molar-refractivity contribution in [2.24, 2.45) is 5.41 Å². The van der Waals surface area contributed by atoms with Crippen molar-refractivity contribution in [3.8, 4) is 0 Å². The first-order valence-corrected chi connectivity index (χ1v) is 5.83. The van der Waals surface area contributed by atoms with Gasteiger partial charge in [-0.3, -0.25) is 4.18 Å². The zero-order valence-corrected chi connectivity index (χ0v) is 9.10. The van der Waals surface area contributed by atoms with Gasteiger partial charge in [0.25, 0.3) is 10.1 Å². The molecule has 13 heavy (non-hydrogen) atoms. The quantitative estimate of drug-likeness (QED) is 0.508. The Morgan fingerprint density at radius 1 is 1.46 bits per heavy atom. The predicted octanol–water partition coefficient (Wildman–Crippen LogP) is 1.71. The first-order valence-electron chi connectivity index (χ1n) is 4.36. The van der Waals surface area contributed by atoms with Crippen LogP contribution in [0.1, 0.15) is 26.7 Å². The molecule has 0 heterocycles. The average molecular weight is 204 g/mol. The molecule has 1 aliphatic rings. The van der Waals surface area contributed by atoms with Crippen LogP contribution in [0.4, 0.5) is 0 Å². The molecule has 0 saturated heterocycles. The molecule has 0 aromatic heterocycles. The van der Waals surface area contributed by atoms with Crippen LogP contribution in [0.25, 0.3) is 0 Å². The van der Waals surface area contributed by atoms with Gasteiger partial charge in [-0.1, -0.05) is 26.0 Å². The van der Waals surface area contributed by atoms with E-state index in [2.05, 4.69) is 18.0 Å². The van der Waals surface area contributed by atoms with Gasteiger partial charge in [-0.2, -0.15) is 8.42 Å². The second-order valence-corrected chi connectivity index (χ2v) is 6.01. The minimum atomic E-state index is -3.36. The molecular weight excluding hydrogens is 188 g/mol. The van der Waals surface area contributed by atoms with Crippen molar-refractivity contribution in [1.29, 1.82) is 0 Å². The second-order valence-electron chi connectivity index (χ2n) is 4.08. The van der Waals surface area contributed by atoms with E-state index in [1.165, 1.54) is 7.11 Å². The summed E-state index contributed by atoms with van der Waals surface area (Å²) in [5, 5.41) is -0.453. The van der Waals surface area contributed by atoms with Gasteiger partial charge in [0.05, 0.1) is 7.11 Å². The van der Waals surface area contributed by atoms with E-state index in [9.17, 15) is 8.42 Å². The Morgan fingerprint density at radius 2 is 2.08 bits per heavy atom. The van der Waals surface area contributed by atoms with Crippen molar-refractivity contribution in [2.45, 2.75) is 31.9 Å². The maximum Gasteiger partial charge on any atom is 0.273 e. The van der Waals surface area contributed by atoms with Crippen molar-refractivity contribution in [1.82, 2.24) is 0 Å². The summed E-state index contributed by atoms with van der Waals surface area (Å²) >= 11 is 0. The van der Waals surface area contributed by atoms with Crippen molar-refractivity contribution >= 4 is 10.1 Å². The van der Waals surface area contributed by atoms with Crippen LogP contribution in [0.3, 0.4) is 0 Å². The van der Waals surface area contributed by atoms with E-state index in [1.807, 2.05) is 6.08 Å². The zero-order chi connectivity index (χ0) is 10.1. The summed E-state index contributed by atoms with van der Waals surface area (Å²) < 4.78 is 27.1. The third kappa shape index (κ3) is 2.54. The minimum absolute atomic E-state index is 0.125. The minimum Gasteiger partial charge on any atom is -0.273 e. The van der Waals surface area contributed by atoms with Crippen molar-refractivity contribution in [3.63, 3.8) is 0 Å². The summed E-state index contributed by atoms with van der Waals surface area (Å²) in [6.07, 6.45) is 5.23. The molecule has 0 bridgehead atoms. The first kappa shape index (κ1) is 10.7. The molecule has 0 aromatic carbocycles. The maximum atomic E-state index is 11.3. The molecule has 1 unspecified atom stereocenters. The zero-order valence-electron chi connectivity index (χ0n) is 8.28. The third-order valence-electron chi connectivity index (χ3n) is 2.44. The van der Waals surface area contributed by atoms with E-state index < -0.39 is 15.4 Å². The third-order valence-corrected chi connectivity index (χ3v) is 4.04. The SMILES string of the molecule is COS(=O)(=O)C1C=CC(C)(C)CC1. The van der Waals surface area contributed by atoms with Gasteiger partial charge in [0, 0.05) is 0 Å². The standard InChI is InChI=1S/C9H16O3S/c1-9(2)6-4-8(5-7-9)13(10,11)12-3/h4,6,8H,5,7H2,1-3H3. The molecule has 3 nitrogen and oxygen atoms in total. The fraction of sp³-hybridized carbons (Fsp3) is 0.778. The molecule has 0 aliphatic heterocycles. The topological polar surface area (TPSA) is 43.4 Å². The number of rotatable bonds is 2. The fourth-order valence-corrected chi connectivity index (χ4v) is 2.35. The summed E-state index contributed by atoms with van der Waals surface area (Å²) in [5.74, 6) is 0. The van der Waals surface area contributed by atoms with Gasteiger partial charge in [-0.25, -0.2) is 0 Å². The van der Waals surface area contributed by atoms with Gasteiger partial charge in [-0.05, 0) is 18.3 Å². The van der Waals surface area contributed by atoms with Crippen LogP contribution in [0, 0.1) is 5.41 Å². The Bertz CT molecular complexity index is 301. The van der Waals surface area contributed by atoms with Crippen LogP contribution in [-0.2, 0) is 14.3 Å². The Labute approximate surface area is 79.9 Å². The molecule has 76 valence electrons. The summed E-state index contributed by atoms with van der Waals surface area (Å²) in [4.78, 5) is 0. The second kappa shape index (κ2) is 3.42. The molecule has 1 atom stereocenters. The van der Waals surface area contributed by atoms with Gasteiger partial charge in [-0.15, -0.1) is 0 Å². The van der Waals surface area contributed by atoms with Crippen LogP contribution in [0.5, 0.6) is 0 Å². The van der Waals surface area contributed by atoms with Gasteiger partial charge in [0.1, 0.15) is 5.25 Å². The Kier molecular flexibility index (Phi) is 2.82. The Balaban J connectivity index is 2.80. The van der Waals surface area contributed by atoms with E-state index in [0.29, 0.717) is 6.42 Å². The highest BCUT2D eigenvalue weighted by Gasteiger charge is 2.29. The molecule has 0 spiro atoms. The van der Waals surface area contributed by atoms with Crippen molar-refractivity contribution in [3.05, 3.63) is 12.2 Å². The molecule has 1 rings (SSSR count). The largest absolute Gasteiger partial charge is 0.273 e. The summed E-state index contributed by atoms with van der Waals surface area (Å²) in [6, 6.07) is 0. The fourth-order valence-electron chi connectivity index (χ4n) is 1.43. The van der Waals surface area contributed by atoms with Gasteiger partial charge < -0.3 is 0 Å². The van der Waals surface area contributed by atoms with Crippen LogP contribution in [0.2, 0.25) is 0 Å². The molecule has 4 heteroatoms. The lowest BCUT2D eigenvalue weighted by atomic mass is 9.83. The van der Waals surface area contributed by atoms with Crippen LogP contribution < -0.4 is 0 Å². The predicted molar refractivity (Wildman–Crippen MR) is 51.9 cm³/mol. The molecule has 0 radical (unpaired) electrons. The molecule has 0 N–H and O–H groups in total.